The molecule has 1 aliphatic rings. The van der Waals surface area contributed by atoms with Crippen LogP contribution in [0.25, 0.3) is 5.82 Å². The molecule has 0 N–H and O–H groups in total. The number of aromatic nitrogens is 6. The summed E-state index contributed by atoms with van der Waals surface area (Å²) in [5.74, 6) is -0.0851. The maximum absolute atomic E-state index is 13.6. The molecule has 33 heavy (non-hydrogen) atoms. The molecule has 9 nitrogen and oxygen atoms in total. The highest BCUT2D eigenvalue weighted by Crippen LogP contribution is 2.29. The number of aryl methyl sites for hydroxylation is 1. The van der Waals surface area contributed by atoms with Crippen molar-refractivity contribution >= 4 is 5.91 Å². The van der Waals surface area contributed by atoms with Crippen molar-refractivity contribution in [3.8, 4) is 11.7 Å². The number of carbonyl (C=O) groups is 1. The largest absolute Gasteiger partial charge is 0.471 e. The fourth-order valence-corrected chi connectivity index (χ4v) is 3.67. The fraction of sp³-hybridized carbons (Fsp3) is 0.333. The molecule has 0 radical (unpaired) electrons. The summed E-state index contributed by atoms with van der Waals surface area (Å²) in [6.45, 7) is 6.09. The predicted molar refractivity (Wildman–Crippen MR) is 110 cm³/mol. The van der Waals surface area contributed by atoms with Crippen LogP contribution in [0.2, 0.25) is 0 Å². The van der Waals surface area contributed by atoms with Gasteiger partial charge in [-0.05, 0) is 31.4 Å². The van der Waals surface area contributed by atoms with Gasteiger partial charge in [0.05, 0.1) is 36.4 Å². The van der Waals surface area contributed by atoms with Crippen LogP contribution < -0.4 is 4.74 Å². The van der Waals surface area contributed by atoms with Crippen molar-refractivity contribution in [2.45, 2.75) is 38.1 Å². The van der Waals surface area contributed by atoms with Crippen LogP contribution in [0.5, 0.6) is 5.88 Å². The second-order valence-corrected chi connectivity index (χ2v) is 7.46. The minimum absolute atomic E-state index is 0.0622. The number of hydrogen-bond acceptors (Lipinski definition) is 7. The van der Waals surface area contributed by atoms with Crippen LogP contribution in [0.3, 0.4) is 0 Å². The Morgan fingerprint density at radius 1 is 1.18 bits per heavy atom. The zero-order chi connectivity index (χ0) is 23.6. The van der Waals surface area contributed by atoms with E-state index in [1.165, 1.54) is 17.2 Å². The van der Waals surface area contributed by atoms with E-state index < -0.39 is 24.0 Å². The average Bonchev–Trinajstić information content (AvgIpc) is 3.33. The topological polar surface area (TPSA) is 98.9 Å². The van der Waals surface area contributed by atoms with Gasteiger partial charge in [0, 0.05) is 12.7 Å². The lowest BCUT2D eigenvalue weighted by molar-refractivity contribution is -0.141. The molecule has 4 rings (SSSR count). The van der Waals surface area contributed by atoms with E-state index in [0.29, 0.717) is 31.1 Å². The second kappa shape index (κ2) is 8.96. The van der Waals surface area contributed by atoms with E-state index in [-0.39, 0.29) is 17.6 Å². The summed E-state index contributed by atoms with van der Waals surface area (Å²) < 4.78 is 44.0. The van der Waals surface area contributed by atoms with Gasteiger partial charge in [0.2, 0.25) is 5.88 Å². The summed E-state index contributed by atoms with van der Waals surface area (Å²) in [5, 5.41) is 8.14. The Kier molecular flexibility index (Phi) is 6.07. The van der Waals surface area contributed by atoms with E-state index in [1.807, 2.05) is 6.92 Å². The molecule has 2 atom stereocenters. The predicted octanol–water partition coefficient (Wildman–Crippen LogP) is 3.02. The molecule has 0 aromatic carbocycles. The Hall–Kier alpha value is -3.83. The number of amides is 1. The van der Waals surface area contributed by atoms with Crippen molar-refractivity contribution in [2.75, 3.05) is 6.54 Å². The first-order chi connectivity index (χ1) is 15.8. The van der Waals surface area contributed by atoms with Crippen LogP contribution >= 0.6 is 0 Å². The maximum atomic E-state index is 13.6. The number of likely N-dealkylation sites (tertiary alicyclic amines) is 1. The van der Waals surface area contributed by atoms with E-state index in [4.69, 9.17) is 4.74 Å². The molecule has 0 spiro atoms. The second-order valence-electron chi connectivity index (χ2n) is 7.46. The third-order valence-electron chi connectivity index (χ3n) is 5.16. The summed E-state index contributed by atoms with van der Waals surface area (Å²) in [6, 6.07) is 1.16. The number of nitrogens with zero attached hydrogens (tertiary/aromatic N) is 7. The third kappa shape index (κ3) is 4.69. The molecular formula is C21H20F3N7O2. The molecule has 1 fully saturated rings. The number of rotatable bonds is 5. The Morgan fingerprint density at radius 3 is 2.58 bits per heavy atom. The molecule has 1 amide bonds. The normalized spacial score (nSPS) is 18.7. The molecule has 3 aromatic heterocycles. The number of carbonyl (C=O) groups excluding carboxylic acids is 1. The molecule has 0 bridgehead atoms. The number of halogens is 3. The zero-order valence-corrected chi connectivity index (χ0v) is 17.6. The van der Waals surface area contributed by atoms with E-state index in [0.717, 1.165) is 11.8 Å². The fourth-order valence-electron chi connectivity index (χ4n) is 3.67. The third-order valence-corrected chi connectivity index (χ3v) is 5.16. The first kappa shape index (κ1) is 22.4. The summed E-state index contributed by atoms with van der Waals surface area (Å²) in [6.07, 6.45) is 3.73. The van der Waals surface area contributed by atoms with E-state index in [9.17, 15) is 18.0 Å². The van der Waals surface area contributed by atoms with Crippen LogP contribution in [0.1, 0.15) is 34.5 Å². The Balaban J connectivity index is 1.59. The van der Waals surface area contributed by atoms with Crippen LogP contribution in [-0.4, -0.2) is 59.4 Å². The van der Waals surface area contributed by atoms with Gasteiger partial charge in [-0.1, -0.05) is 6.08 Å². The number of pyridine rings is 1. The molecule has 2 unspecified atom stereocenters. The minimum atomic E-state index is -4.59. The van der Waals surface area contributed by atoms with Gasteiger partial charge in [-0.3, -0.25) is 4.79 Å². The van der Waals surface area contributed by atoms with Crippen molar-refractivity contribution in [3.63, 3.8) is 0 Å². The summed E-state index contributed by atoms with van der Waals surface area (Å²) >= 11 is 0. The molecular weight excluding hydrogens is 439 g/mol. The van der Waals surface area contributed by atoms with Gasteiger partial charge in [0.25, 0.3) is 5.91 Å². The molecule has 0 aliphatic carbocycles. The number of piperidine rings is 1. The summed E-state index contributed by atoms with van der Waals surface area (Å²) in [7, 11) is 0. The molecule has 1 saturated heterocycles. The van der Waals surface area contributed by atoms with Gasteiger partial charge in [0.1, 0.15) is 6.10 Å². The van der Waals surface area contributed by atoms with Gasteiger partial charge in [0.15, 0.2) is 11.5 Å². The van der Waals surface area contributed by atoms with Gasteiger partial charge < -0.3 is 9.64 Å². The SMILES string of the molecule is C=CC1C(Oc2cnc(C(F)(F)F)cn2)CCCN1C(=O)c1cc(C)cnc1-n1nccn1. The van der Waals surface area contributed by atoms with Gasteiger partial charge in [-0.15, -0.1) is 11.4 Å². The van der Waals surface area contributed by atoms with Crippen molar-refractivity contribution in [2.24, 2.45) is 0 Å². The first-order valence-corrected chi connectivity index (χ1v) is 10.1. The Labute approximate surface area is 186 Å². The van der Waals surface area contributed by atoms with Gasteiger partial charge in [-0.2, -0.15) is 23.4 Å². The molecule has 12 heteroatoms. The highest BCUT2D eigenvalue weighted by molar-refractivity contribution is 5.97. The smallest absolute Gasteiger partial charge is 0.434 e. The highest BCUT2D eigenvalue weighted by Gasteiger charge is 2.37. The van der Waals surface area contributed by atoms with Gasteiger partial charge >= 0.3 is 6.18 Å². The van der Waals surface area contributed by atoms with Crippen LogP contribution in [0, 0.1) is 6.92 Å². The molecule has 1 aliphatic heterocycles. The molecule has 0 saturated carbocycles. The minimum Gasteiger partial charge on any atom is -0.471 e. The van der Waals surface area contributed by atoms with Crippen molar-refractivity contribution in [1.29, 1.82) is 0 Å². The number of hydrogen-bond donors (Lipinski definition) is 0. The van der Waals surface area contributed by atoms with Crippen molar-refractivity contribution in [1.82, 2.24) is 34.8 Å². The maximum Gasteiger partial charge on any atom is 0.434 e. The van der Waals surface area contributed by atoms with Gasteiger partial charge in [-0.25, -0.2) is 15.0 Å². The quantitative estimate of drug-likeness (QED) is 0.541. The Bertz CT molecular complexity index is 1130. The zero-order valence-electron chi connectivity index (χ0n) is 17.6. The van der Waals surface area contributed by atoms with E-state index in [1.54, 1.807) is 23.2 Å². The summed E-state index contributed by atoms with van der Waals surface area (Å²) in [4.78, 5) is 27.8. The van der Waals surface area contributed by atoms with E-state index in [2.05, 4.69) is 31.7 Å². The van der Waals surface area contributed by atoms with E-state index >= 15 is 0 Å². The lowest BCUT2D eigenvalue weighted by Crippen LogP contribution is -2.52. The Morgan fingerprint density at radius 2 is 1.94 bits per heavy atom. The number of ether oxygens (including phenoxy) is 1. The monoisotopic (exact) mass is 459 g/mol. The molecule has 172 valence electrons. The highest BCUT2D eigenvalue weighted by atomic mass is 19.4. The first-order valence-electron chi connectivity index (χ1n) is 10.1. The van der Waals surface area contributed by atoms with Crippen LogP contribution in [0.15, 0.2) is 49.7 Å². The lowest BCUT2D eigenvalue weighted by Gasteiger charge is -2.39. The van der Waals surface area contributed by atoms with Crippen LogP contribution in [-0.2, 0) is 6.18 Å². The standard InChI is InChI=1S/C21H20F3N7O2/c1-3-15-16(33-18-12-25-17(11-26-18)21(22,23)24)5-4-8-30(15)20(32)14-9-13(2)10-27-19(14)31-28-6-7-29-31/h3,6-7,9-12,15-16H,1,4-5,8H2,2H3. The molecule has 3 aromatic rings. The molecule has 4 heterocycles. The number of alkyl halides is 3. The lowest BCUT2D eigenvalue weighted by atomic mass is 9.97. The van der Waals surface area contributed by atoms with Crippen LogP contribution in [0.4, 0.5) is 13.2 Å². The average molecular weight is 459 g/mol. The van der Waals surface area contributed by atoms with Crippen molar-refractivity contribution < 1.29 is 22.7 Å². The summed E-state index contributed by atoms with van der Waals surface area (Å²) in [5.41, 5.74) is -0.00968. The van der Waals surface area contributed by atoms with Crippen molar-refractivity contribution in [3.05, 3.63) is 66.5 Å².